The molecule has 0 amide bonds. The third kappa shape index (κ3) is 2.59. The molecule has 16 heavy (non-hydrogen) atoms. The molecule has 0 bridgehead atoms. The van der Waals surface area contributed by atoms with E-state index in [2.05, 4.69) is 10.4 Å². The van der Waals surface area contributed by atoms with Crippen molar-refractivity contribution in [1.29, 1.82) is 0 Å². The van der Waals surface area contributed by atoms with Crippen molar-refractivity contribution >= 4 is 0 Å². The standard InChI is InChI=1S/C10H18N4O2/c1-14-3-2-12-10(14)6-8(13-11)9-7-15-4-5-16-9/h2-3,8-9,13H,4-7,11H2,1H3. The molecular formula is C10H18N4O2. The van der Waals surface area contributed by atoms with Crippen LogP contribution in [0.4, 0.5) is 0 Å². The second kappa shape index (κ2) is 5.40. The van der Waals surface area contributed by atoms with Crippen molar-refractivity contribution in [3.63, 3.8) is 0 Å². The lowest BCUT2D eigenvalue weighted by Crippen LogP contribution is -2.50. The van der Waals surface area contributed by atoms with Gasteiger partial charge in [-0.05, 0) is 0 Å². The molecule has 1 saturated heterocycles. The number of nitrogens with one attached hydrogen (secondary N) is 1. The fraction of sp³-hybridized carbons (Fsp3) is 0.700. The van der Waals surface area contributed by atoms with E-state index in [0.717, 1.165) is 12.2 Å². The Morgan fingerprint density at radius 2 is 2.56 bits per heavy atom. The van der Waals surface area contributed by atoms with E-state index < -0.39 is 0 Å². The van der Waals surface area contributed by atoms with Crippen LogP contribution in [0.3, 0.4) is 0 Å². The van der Waals surface area contributed by atoms with E-state index in [-0.39, 0.29) is 12.1 Å². The fourth-order valence-electron chi connectivity index (χ4n) is 1.83. The second-order valence-electron chi connectivity index (χ2n) is 3.92. The first-order chi connectivity index (χ1) is 7.81. The number of ether oxygens (including phenoxy) is 2. The summed E-state index contributed by atoms with van der Waals surface area (Å²) in [5.41, 5.74) is 2.78. The summed E-state index contributed by atoms with van der Waals surface area (Å²) in [4.78, 5) is 4.27. The second-order valence-corrected chi connectivity index (χ2v) is 3.92. The quantitative estimate of drug-likeness (QED) is 0.520. The van der Waals surface area contributed by atoms with E-state index in [9.17, 15) is 0 Å². The average molecular weight is 226 g/mol. The average Bonchev–Trinajstić information content (AvgIpc) is 2.73. The monoisotopic (exact) mass is 226 g/mol. The zero-order valence-electron chi connectivity index (χ0n) is 9.43. The molecule has 1 fully saturated rings. The van der Waals surface area contributed by atoms with Crippen LogP contribution in [0.25, 0.3) is 0 Å². The number of hydrazine groups is 1. The highest BCUT2D eigenvalue weighted by molar-refractivity contribution is 4.96. The molecule has 0 saturated carbocycles. The zero-order valence-corrected chi connectivity index (χ0v) is 9.43. The third-order valence-electron chi connectivity index (χ3n) is 2.83. The van der Waals surface area contributed by atoms with Crippen molar-refractivity contribution in [2.45, 2.75) is 18.6 Å². The van der Waals surface area contributed by atoms with E-state index in [1.165, 1.54) is 0 Å². The van der Waals surface area contributed by atoms with Gasteiger partial charge in [-0.3, -0.25) is 11.3 Å². The Labute approximate surface area is 94.7 Å². The van der Waals surface area contributed by atoms with E-state index in [1.807, 2.05) is 17.8 Å². The molecular weight excluding hydrogens is 208 g/mol. The lowest BCUT2D eigenvalue weighted by Gasteiger charge is -2.29. The van der Waals surface area contributed by atoms with Gasteiger partial charge in [0.2, 0.25) is 0 Å². The van der Waals surface area contributed by atoms with Gasteiger partial charge in [0.25, 0.3) is 0 Å². The predicted molar refractivity (Wildman–Crippen MR) is 58.6 cm³/mol. The molecule has 2 rings (SSSR count). The minimum absolute atomic E-state index is 0.00421. The molecule has 0 aromatic carbocycles. The number of hydrogen-bond donors (Lipinski definition) is 2. The molecule has 1 aliphatic heterocycles. The number of aryl methyl sites for hydroxylation is 1. The Hall–Kier alpha value is -0.950. The number of hydrogen-bond acceptors (Lipinski definition) is 5. The summed E-state index contributed by atoms with van der Waals surface area (Å²) < 4.78 is 13.0. The van der Waals surface area contributed by atoms with Crippen LogP contribution in [0.5, 0.6) is 0 Å². The Kier molecular flexibility index (Phi) is 3.89. The molecule has 3 N–H and O–H groups in total. The summed E-state index contributed by atoms with van der Waals surface area (Å²) in [7, 11) is 1.97. The normalized spacial score (nSPS) is 23.2. The summed E-state index contributed by atoms with van der Waals surface area (Å²) in [6.07, 6.45) is 4.42. The summed E-state index contributed by atoms with van der Waals surface area (Å²) in [6, 6.07) is 0.0291. The molecule has 0 radical (unpaired) electrons. The lowest BCUT2D eigenvalue weighted by atomic mass is 10.1. The summed E-state index contributed by atoms with van der Waals surface area (Å²) in [5, 5.41) is 0. The maximum absolute atomic E-state index is 5.62. The van der Waals surface area contributed by atoms with Gasteiger partial charge in [0.1, 0.15) is 5.82 Å². The van der Waals surface area contributed by atoms with E-state index >= 15 is 0 Å². The minimum Gasteiger partial charge on any atom is -0.376 e. The van der Waals surface area contributed by atoms with Gasteiger partial charge in [-0.25, -0.2) is 4.98 Å². The molecule has 1 aliphatic rings. The smallest absolute Gasteiger partial charge is 0.110 e. The van der Waals surface area contributed by atoms with Gasteiger partial charge in [0, 0.05) is 25.9 Å². The van der Waals surface area contributed by atoms with Gasteiger partial charge in [0.05, 0.1) is 32.0 Å². The van der Waals surface area contributed by atoms with Gasteiger partial charge >= 0.3 is 0 Å². The van der Waals surface area contributed by atoms with E-state index in [4.69, 9.17) is 15.3 Å². The minimum atomic E-state index is -0.00421. The highest BCUT2D eigenvalue weighted by atomic mass is 16.6. The predicted octanol–water partition coefficient (Wildman–Crippen LogP) is -0.790. The van der Waals surface area contributed by atoms with Crippen molar-refractivity contribution in [1.82, 2.24) is 15.0 Å². The van der Waals surface area contributed by atoms with Crippen molar-refractivity contribution < 1.29 is 9.47 Å². The molecule has 2 unspecified atom stereocenters. The first-order valence-electron chi connectivity index (χ1n) is 5.43. The Bertz CT molecular complexity index is 322. The van der Waals surface area contributed by atoms with Crippen LogP contribution >= 0.6 is 0 Å². The van der Waals surface area contributed by atoms with Crippen molar-refractivity contribution in [2.24, 2.45) is 12.9 Å². The van der Waals surface area contributed by atoms with Gasteiger partial charge in [0.15, 0.2) is 0 Å². The number of aromatic nitrogens is 2. The molecule has 2 heterocycles. The number of nitrogens with two attached hydrogens (primary N) is 1. The maximum Gasteiger partial charge on any atom is 0.110 e. The number of rotatable bonds is 4. The van der Waals surface area contributed by atoms with Crippen molar-refractivity contribution in [3.05, 3.63) is 18.2 Å². The van der Waals surface area contributed by atoms with Gasteiger partial charge in [-0.1, -0.05) is 0 Å². The highest BCUT2D eigenvalue weighted by Crippen LogP contribution is 2.09. The Morgan fingerprint density at radius 1 is 1.69 bits per heavy atom. The summed E-state index contributed by atoms with van der Waals surface area (Å²) in [5.74, 6) is 6.53. The van der Waals surface area contributed by atoms with Crippen LogP contribution in [0.1, 0.15) is 5.82 Å². The number of nitrogens with zero attached hydrogens (tertiary/aromatic N) is 2. The van der Waals surface area contributed by atoms with Crippen LogP contribution in [0, 0.1) is 0 Å². The Morgan fingerprint density at radius 3 is 3.12 bits per heavy atom. The SMILES string of the molecule is Cn1ccnc1CC(NN)C1COCCO1. The van der Waals surface area contributed by atoms with Crippen LogP contribution in [0.2, 0.25) is 0 Å². The maximum atomic E-state index is 5.62. The van der Waals surface area contributed by atoms with Crippen LogP contribution in [-0.2, 0) is 22.9 Å². The van der Waals surface area contributed by atoms with Crippen molar-refractivity contribution in [2.75, 3.05) is 19.8 Å². The molecule has 2 atom stereocenters. The van der Waals surface area contributed by atoms with E-state index in [1.54, 1.807) is 6.20 Å². The highest BCUT2D eigenvalue weighted by Gasteiger charge is 2.25. The van der Waals surface area contributed by atoms with Gasteiger partial charge in [-0.15, -0.1) is 0 Å². The van der Waals surface area contributed by atoms with Crippen LogP contribution in [0.15, 0.2) is 12.4 Å². The van der Waals surface area contributed by atoms with Gasteiger partial charge < -0.3 is 14.0 Å². The van der Waals surface area contributed by atoms with Crippen molar-refractivity contribution in [3.8, 4) is 0 Å². The van der Waals surface area contributed by atoms with Gasteiger partial charge in [-0.2, -0.15) is 0 Å². The largest absolute Gasteiger partial charge is 0.376 e. The van der Waals surface area contributed by atoms with Crippen LogP contribution < -0.4 is 11.3 Å². The van der Waals surface area contributed by atoms with E-state index in [0.29, 0.717) is 19.8 Å². The topological polar surface area (TPSA) is 74.3 Å². The summed E-state index contributed by atoms with van der Waals surface area (Å²) in [6.45, 7) is 1.87. The first-order valence-corrected chi connectivity index (χ1v) is 5.43. The fourth-order valence-corrected chi connectivity index (χ4v) is 1.83. The molecule has 6 nitrogen and oxygen atoms in total. The molecule has 0 aliphatic carbocycles. The number of imidazole rings is 1. The summed E-state index contributed by atoms with van der Waals surface area (Å²) >= 11 is 0. The molecule has 0 spiro atoms. The molecule has 1 aromatic rings. The molecule has 6 heteroatoms. The third-order valence-corrected chi connectivity index (χ3v) is 2.83. The lowest BCUT2D eigenvalue weighted by molar-refractivity contribution is -0.101. The molecule has 90 valence electrons. The molecule has 1 aromatic heterocycles. The Balaban J connectivity index is 1.97. The van der Waals surface area contributed by atoms with Crippen LogP contribution in [-0.4, -0.2) is 41.5 Å². The zero-order chi connectivity index (χ0) is 11.4. The first kappa shape index (κ1) is 11.5.